The first-order valence-electron chi connectivity index (χ1n) is 9.75. The van der Waals surface area contributed by atoms with E-state index in [4.69, 9.17) is 0 Å². The molecule has 0 fully saturated rings. The molecule has 1 nitrogen and oxygen atoms in total. The molecule has 0 aliphatic carbocycles. The molecule has 4 rings (SSSR count). The molecule has 0 atom stereocenters. The average Bonchev–Trinajstić information content (AvgIpc) is 2.81. The monoisotopic (exact) mass is 381 g/mol. The van der Waals surface area contributed by atoms with Crippen LogP contribution in [0.1, 0.15) is 12.5 Å². The van der Waals surface area contributed by atoms with Crippen molar-refractivity contribution in [2.75, 3.05) is 0 Å². The maximum Gasteiger partial charge on any atom is 0.164 e. The zero-order chi connectivity index (χ0) is 20.1. The average molecular weight is 381 g/mol. The van der Waals surface area contributed by atoms with E-state index < -0.39 is 7.14 Å². The van der Waals surface area contributed by atoms with E-state index in [1.165, 1.54) is 0 Å². The van der Waals surface area contributed by atoms with Crippen molar-refractivity contribution in [1.29, 1.82) is 0 Å². The highest BCUT2D eigenvalue weighted by Crippen LogP contribution is 2.48. The fourth-order valence-electron chi connectivity index (χ4n) is 3.22. The summed E-state index contributed by atoms with van der Waals surface area (Å²) in [5, 5.41) is 1.33. The smallest absolute Gasteiger partial charge is 0.164 e. The van der Waals surface area contributed by atoms with Gasteiger partial charge >= 0.3 is 0 Å². The lowest BCUT2D eigenvalue weighted by Crippen LogP contribution is -2.14. The van der Waals surface area contributed by atoms with Crippen molar-refractivity contribution in [2.45, 2.75) is 0 Å². The van der Waals surface area contributed by atoms with Crippen molar-refractivity contribution in [1.82, 2.24) is 0 Å². The number of hydrogen-bond donors (Lipinski definition) is 0. The highest BCUT2D eigenvalue weighted by atomic mass is 31.2. The Balaban J connectivity index is 2.07. The minimum absolute atomic E-state index is 0.146. The Bertz CT molecular complexity index is 1070. The van der Waals surface area contributed by atoms with Gasteiger partial charge in [-0.1, -0.05) is 121 Å². The number of hydrogen-bond acceptors (Lipinski definition) is 1. The van der Waals surface area contributed by atoms with Gasteiger partial charge in [0.1, 0.15) is 0 Å². The summed E-state index contributed by atoms with van der Waals surface area (Å²) in [6.07, 6.45) is 0. The topological polar surface area (TPSA) is 17.1 Å². The summed E-state index contributed by atoms with van der Waals surface area (Å²) in [7, 11) is -3.36. The Morgan fingerprint density at radius 2 is 0.893 bits per heavy atom. The fraction of sp³-hybridized carbons (Fsp3) is 0. The normalized spacial score (nSPS) is 11.5. The second-order valence-electron chi connectivity index (χ2n) is 6.50. The fourth-order valence-corrected chi connectivity index (χ4v) is 5.53. The zero-order valence-corrected chi connectivity index (χ0v) is 16.3. The summed E-state index contributed by atoms with van der Waals surface area (Å²) in [5.74, 6) is 0.146. The number of rotatable bonds is 5. The minimum atomic E-state index is -3.36. The van der Waals surface area contributed by atoms with Crippen LogP contribution in [0.5, 0.6) is 0 Å². The van der Waals surface area contributed by atoms with Crippen LogP contribution in [0, 0.1) is 0 Å². The van der Waals surface area contributed by atoms with E-state index in [2.05, 4.69) is 0 Å². The van der Waals surface area contributed by atoms with E-state index in [0.29, 0.717) is 16.2 Å². The molecule has 28 heavy (non-hydrogen) atoms. The molecule has 0 saturated heterocycles. The van der Waals surface area contributed by atoms with Gasteiger partial charge in [-0.15, -0.1) is 0 Å². The van der Waals surface area contributed by atoms with Crippen LogP contribution < -0.4 is 10.6 Å². The molecule has 0 bridgehead atoms. The van der Waals surface area contributed by atoms with Crippen molar-refractivity contribution < 1.29 is 5.94 Å². The van der Waals surface area contributed by atoms with E-state index in [0.717, 1.165) is 11.1 Å². The lowest BCUT2D eigenvalue weighted by molar-refractivity contribution is 0.592. The third-order valence-electron chi connectivity index (χ3n) is 4.63. The number of benzene rings is 4. The SMILES string of the molecule is [2H]C(=C(c1ccccc1)c1ccccc1)P(=O)(c1ccccc1)c1ccccc1. The summed E-state index contributed by atoms with van der Waals surface area (Å²) in [4.78, 5) is 0. The molecule has 4 aromatic carbocycles. The van der Waals surface area contributed by atoms with Crippen LogP contribution in [0.15, 0.2) is 127 Å². The van der Waals surface area contributed by atoms with Gasteiger partial charge in [-0.3, -0.25) is 0 Å². The van der Waals surface area contributed by atoms with E-state index >= 15 is 0 Å². The summed E-state index contributed by atoms with van der Waals surface area (Å²) >= 11 is 0. The Hall–Kier alpha value is -3.15. The third kappa shape index (κ3) is 3.76. The second kappa shape index (κ2) is 8.25. The quantitative estimate of drug-likeness (QED) is 0.382. The van der Waals surface area contributed by atoms with Gasteiger partial charge in [0, 0.05) is 10.6 Å². The molecule has 0 aliphatic rings. The molecule has 0 amide bonds. The van der Waals surface area contributed by atoms with Crippen LogP contribution in [-0.4, -0.2) is 0 Å². The zero-order valence-electron chi connectivity index (χ0n) is 16.4. The summed E-state index contributed by atoms with van der Waals surface area (Å²) < 4.78 is 23.9. The molecule has 0 saturated carbocycles. The van der Waals surface area contributed by atoms with E-state index in [1.54, 1.807) is 0 Å². The van der Waals surface area contributed by atoms with Crippen molar-refractivity contribution in [3.05, 3.63) is 138 Å². The van der Waals surface area contributed by atoms with Crippen LogP contribution in [-0.2, 0) is 4.57 Å². The molecule has 136 valence electrons. The Morgan fingerprint density at radius 1 is 0.571 bits per heavy atom. The molecule has 0 radical (unpaired) electrons. The summed E-state index contributed by atoms with van der Waals surface area (Å²) in [6, 6.07) is 38.3. The summed E-state index contributed by atoms with van der Waals surface area (Å²) in [5.41, 5.74) is 2.47. The predicted octanol–water partition coefficient (Wildman–Crippen LogP) is 6.09. The second-order valence-corrected chi connectivity index (χ2v) is 8.97. The van der Waals surface area contributed by atoms with Crippen LogP contribution in [0.4, 0.5) is 0 Å². The van der Waals surface area contributed by atoms with Crippen LogP contribution in [0.2, 0.25) is 0 Å². The molecule has 0 aliphatic heterocycles. The maximum atomic E-state index is 14.7. The molecular formula is C26H21OP. The van der Waals surface area contributed by atoms with Crippen molar-refractivity contribution >= 4 is 23.3 Å². The van der Waals surface area contributed by atoms with Gasteiger partial charge in [0.2, 0.25) is 0 Å². The van der Waals surface area contributed by atoms with E-state index in [1.807, 2.05) is 121 Å². The van der Waals surface area contributed by atoms with Crippen LogP contribution in [0.25, 0.3) is 5.57 Å². The van der Waals surface area contributed by atoms with Gasteiger partial charge in [0.25, 0.3) is 0 Å². The first-order chi connectivity index (χ1) is 14.2. The lowest BCUT2D eigenvalue weighted by Gasteiger charge is -2.18. The molecule has 2 heteroatoms. The molecule has 0 unspecified atom stereocenters. The van der Waals surface area contributed by atoms with Gasteiger partial charge in [-0.2, -0.15) is 0 Å². The van der Waals surface area contributed by atoms with Crippen molar-refractivity contribution in [3.63, 3.8) is 0 Å². The van der Waals surface area contributed by atoms with E-state index in [-0.39, 0.29) is 5.79 Å². The molecule has 0 N–H and O–H groups in total. The standard InChI is InChI=1S/C26H21OP/c27-28(24-17-9-3-10-18-24,25-19-11-4-12-20-25)21-26(22-13-5-1-6-14-22)23-15-7-2-8-16-23/h1-21H/i21D. The van der Waals surface area contributed by atoms with Crippen LogP contribution in [0.3, 0.4) is 0 Å². The molecular weight excluding hydrogens is 359 g/mol. The maximum absolute atomic E-state index is 14.7. The Kier molecular flexibility index (Phi) is 5.00. The lowest BCUT2D eigenvalue weighted by atomic mass is 10.00. The largest absolute Gasteiger partial charge is 0.309 e. The van der Waals surface area contributed by atoms with Crippen LogP contribution >= 0.6 is 7.14 Å². The first-order valence-corrected chi connectivity index (χ1v) is 11.0. The molecule has 4 aromatic rings. The van der Waals surface area contributed by atoms with Crippen molar-refractivity contribution in [2.24, 2.45) is 0 Å². The van der Waals surface area contributed by atoms with Gasteiger partial charge in [0.05, 0.1) is 1.37 Å². The van der Waals surface area contributed by atoms with Gasteiger partial charge < -0.3 is 4.57 Å². The highest BCUT2D eigenvalue weighted by Gasteiger charge is 2.26. The predicted molar refractivity (Wildman–Crippen MR) is 120 cm³/mol. The third-order valence-corrected chi connectivity index (χ3v) is 7.22. The van der Waals surface area contributed by atoms with Crippen molar-refractivity contribution in [3.8, 4) is 0 Å². The van der Waals surface area contributed by atoms with Gasteiger partial charge in [0.15, 0.2) is 7.14 Å². The molecule has 0 heterocycles. The highest BCUT2D eigenvalue weighted by molar-refractivity contribution is 7.81. The summed E-state index contributed by atoms with van der Waals surface area (Å²) in [6.45, 7) is 0. The van der Waals surface area contributed by atoms with Gasteiger partial charge in [-0.05, 0) is 22.5 Å². The molecule has 0 spiro atoms. The Labute approximate surface area is 167 Å². The van der Waals surface area contributed by atoms with E-state index in [9.17, 15) is 5.94 Å². The molecule has 0 aromatic heterocycles. The first kappa shape index (κ1) is 17.0. The minimum Gasteiger partial charge on any atom is -0.309 e. The Morgan fingerprint density at radius 3 is 1.25 bits per heavy atom. The van der Waals surface area contributed by atoms with Gasteiger partial charge in [-0.25, -0.2) is 0 Å².